The Bertz CT molecular complexity index is 1020. The van der Waals surface area contributed by atoms with Gasteiger partial charge in [0, 0.05) is 32.8 Å². The lowest BCUT2D eigenvalue weighted by molar-refractivity contribution is -0.136. The molecule has 0 spiro atoms. The first-order valence-electron chi connectivity index (χ1n) is 8.23. The van der Waals surface area contributed by atoms with E-state index in [1.54, 1.807) is 0 Å². The molecule has 4 nitrogen and oxygen atoms in total. The van der Waals surface area contributed by atoms with Gasteiger partial charge in [0.25, 0.3) is 0 Å². The zero-order chi connectivity index (χ0) is 18.4. The van der Waals surface area contributed by atoms with Crippen LogP contribution in [0.25, 0.3) is 5.70 Å². The maximum Gasteiger partial charge on any atom is 0.336 e. The summed E-state index contributed by atoms with van der Waals surface area (Å²) in [4.78, 5) is 25.8. The third-order valence-electron chi connectivity index (χ3n) is 4.87. The molecule has 0 saturated heterocycles. The van der Waals surface area contributed by atoms with Gasteiger partial charge in [0.05, 0.1) is 18.4 Å². The zero-order valence-electron chi connectivity index (χ0n) is 14.3. The average Bonchev–Trinajstić information content (AvgIpc) is 2.93. The smallest absolute Gasteiger partial charge is 0.336 e. The molecule has 130 valence electrons. The first kappa shape index (κ1) is 16.8. The van der Waals surface area contributed by atoms with Crippen LogP contribution < -0.4 is 5.32 Å². The largest absolute Gasteiger partial charge is 0.466 e. The van der Waals surface area contributed by atoms with E-state index in [0.717, 1.165) is 21.3 Å². The summed E-state index contributed by atoms with van der Waals surface area (Å²) < 4.78 is 5.87. The molecule has 0 saturated carbocycles. The lowest BCUT2D eigenvalue weighted by atomic mass is 9.80. The number of Topliss-reactive ketones (excluding diaryl/α,β-unsaturated/α-hetero) is 1. The maximum absolute atomic E-state index is 13.2. The third-order valence-corrected chi connectivity index (χ3v) is 5.59. The monoisotopic (exact) mass is 409 g/mol. The molecular formula is C21H16BrNO3. The van der Waals surface area contributed by atoms with Crippen LogP contribution in [0.15, 0.2) is 69.8 Å². The molecule has 2 aromatic carbocycles. The minimum atomic E-state index is -0.492. The van der Waals surface area contributed by atoms with E-state index in [4.69, 9.17) is 4.74 Å². The van der Waals surface area contributed by atoms with Crippen LogP contribution in [-0.2, 0) is 9.53 Å². The van der Waals surface area contributed by atoms with Gasteiger partial charge in [-0.2, -0.15) is 0 Å². The number of carbonyl (C=O) groups is 2. The zero-order valence-corrected chi connectivity index (χ0v) is 15.9. The quantitative estimate of drug-likeness (QED) is 0.755. The van der Waals surface area contributed by atoms with Crippen molar-refractivity contribution in [3.8, 4) is 0 Å². The number of nitrogens with one attached hydrogen (secondary N) is 1. The van der Waals surface area contributed by atoms with Gasteiger partial charge < -0.3 is 10.1 Å². The Morgan fingerprint density at radius 3 is 2.42 bits per heavy atom. The molecule has 1 heterocycles. The highest BCUT2D eigenvalue weighted by atomic mass is 79.9. The number of carbonyl (C=O) groups excluding carboxylic acids is 2. The number of fused-ring (bicyclic) bond motifs is 2. The number of dihydropyridines is 1. The van der Waals surface area contributed by atoms with Crippen molar-refractivity contribution in [2.75, 3.05) is 7.11 Å². The fourth-order valence-corrected chi connectivity index (χ4v) is 4.24. The molecule has 4 rings (SSSR count). The van der Waals surface area contributed by atoms with Crippen LogP contribution in [0.1, 0.15) is 34.3 Å². The summed E-state index contributed by atoms with van der Waals surface area (Å²) in [5, 5.41) is 3.27. The standard InChI is InChI=1S/C21H16BrNO3/c1-11-16(21(25)26-2)17(14-9-5-6-10-15(14)22)18-19(23-11)12-7-3-4-8-13(12)20(18)24/h3-10,17,23H,1-2H3/t17-/m1/s1. The third kappa shape index (κ3) is 2.35. The van der Waals surface area contributed by atoms with E-state index in [-0.39, 0.29) is 5.78 Å². The first-order valence-corrected chi connectivity index (χ1v) is 9.02. The minimum absolute atomic E-state index is 0.0576. The number of ether oxygens (including phenoxy) is 1. The van der Waals surface area contributed by atoms with Crippen molar-refractivity contribution < 1.29 is 14.3 Å². The molecule has 2 aliphatic rings. The number of halogens is 1. The van der Waals surface area contributed by atoms with Gasteiger partial charge >= 0.3 is 5.97 Å². The van der Waals surface area contributed by atoms with Crippen molar-refractivity contribution in [2.24, 2.45) is 0 Å². The summed E-state index contributed by atoms with van der Waals surface area (Å²) in [5.41, 5.74) is 4.90. The molecule has 0 radical (unpaired) electrons. The Balaban J connectivity index is 1.99. The molecule has 1 aliphatic carbocycles. The summed E-state index contributed by atoms with van der Waals surface area (Å²) in [6.45, 7) is 1.84. The van der Waals surface area contributed by atoms with Crippen LogP contribution in [0, 0.1) is 0 Å². The van der Waals surface area contributed by atoms with Crippen LogP contribution in [0.5, 0.6) is 0 Å². The average molecular weight is 410 g/mol. The fraction of sp³-hybridized carbons (Fsp3) is 0.143. The van der Waals surface area contributed by atoms with Gasteiger partial charge in [0.1, 0.15) is 0 Å². The molecule has 0 unspecified atom stereocenters. The number of benzene rings is 2. The van der Waals surface area contributed by atoms with Crippen molar-refractivity contribution in [3.63, 3.8) is 0 Å². The molecule has 1 N–H and O–H groups in total. The normalized spacial score (nSPS) is 18.4. The van der Waals surface area contributed by atoms with Gasteiger partial charge in [-0.05, 0) is 18.6 Å². The van der Waals surface area contributed by atoms with E-state index in [2.05, 4.69) is 21.2 Å². The van der Waals surface area contributed by atoms with Gasteiger partial charge in [0.15, 0.2) is 5.78 Å². The van der Waals surface area contributed by atoms with Crippen LogP contribution in [0.3, 0.4) is 0 Å². The second kappa shape index (κ2) is 6.25. The van der Waals surface area contributed by atoms with Crippen LogP contribution >= 0.6 is 15.9 Å². The number of hydrogen-bond donors (Lipinski definition) is 1. The Morgan fingerprint density at radius 1 is 1.08 bits per heavy atom. The van der Waals surface area contributed by atoms with Crippen molar-refractivity contribution in [2.45, 2.75) is 12.8 Å². The molecule has 5 heteroatoms. The molecular weight excluding hydrogens is 394 g/mol. The van der Waals surface area contributed by atoms with Crippen LogP contribution in [-0.4, -0.2) is 18.9 Å². The summed E-state index contributed by atoms with van der Waals surface area (Å²) >= 11 is 3.57. The summed E-state index contributed by atoms with van der Waals surface area (Å²) in [6.07, 6.45) is 0. The molecule has 1 aliphatic heterocycles. The van der Waals surface area contributed by atoms with E-state index < -0.39 is 11.9 Å². The van der Waals surface area contributed by atoms with Crippen LogP contribution in [0.4, 0.5) is 0 Å². The van der Waals surface area contributed by atoms with Crippen molar-refractivity contribution in [1.82, 2.24) is 5.32 Å². The number of allylic oxidation sites excluding steroid dienone is 2. The molecule has 0 bridgehead atoms. The highest BCUT2D eigenvalue weighted by Gasteiger charge is 2.43. The Labute approximate surface area is 159 Å². The SMILES string of the molecule is COC(=O)C1=C(C)NC2=C(C(=O)c3ccccc32)[C@@H]1c1ccccc1Br. The minimum Gasteiger partial charge on any atom is -0.466 e. The van der Waals surface area contributed by atoms with E-state index in [9.17, 15) is 9.59 Å². The van der Waals surface area contributed by atoms with E-state index in [1.807, 2.05) is 55.5 Å². The van der Waals surface area contributed by atoms with Gasteiger partial charge in [-0.15, -0.1) is 0 Å². The van der Waals surface area contributed by atoms with Gasteiger partial charge in [0.2, 0.25) is 0 Å². The predicted octanol–water partition coefficient (Wildman–Crippen LogP) is 4.19. The highest BCUT2D eigenvalue weighted by Crippen LogP contribution is 2.47. The molecule has 0 fully saturated rings. The van der Waals surface area contributed by atoms with Crippen molar-refractivity contribution >= 4 is 33.4 Å². The maximum atomic E-state index is 13.2. The summed E-state index contributed by atoms with van der Waals surface area (Å²) in [7, 11) is 1.36. The second-order valence-electron chi connectivity index (χ2n) is 6.27. The molecule has 2 aromatic rings. The number of methoxy groups -OCH3 is 1. The summed E-state index contributed by atoms with van der Waals surface area (Å²) in [5.74, 6) is -0.988. The van der Waals surface area contributed by atoms with E-state index in [0.29, 0.717) is 22.4 Å². The number of hydrogen-bond acceptors (Lipinski definition) is 4. The molecule has 0 aromatic heterocycles. The number of ketones is 1. The lowest BCUT2D eigenvalue weighted by Crippen LogP contribution is -2.29. The number of rotatable bonds is 2. The van der Waals surface area contributed by atoms with Gasteiger partial charge in [-0.1, -0.05) is 58.4 Å². The van der Waals surface area contributed by atoms with Gasteiger partial charge in [-0.25, -0.2) is 4.79 Å². The molecule has 26 heavy (non-hydrogen) atoms. The second-order valence-corrected chi connectivity index (χ2v) is 7.13. The molecule has 1 atom stereocenters. The Hall–Kier alpha value is -2.66. The fourth-order valence-electron chi connectivity index (χ4n) is 3.73. The first-order chi connectivity index (χ1) is 12.5. The summed E-state index contributed by atoms with van der Waals surface area (Å²) in [6, 6.07) is 15.2. The molecule has 0 amide bonds. The van der Waals surface area contributed by atoms with Crippen molar-refractivity contribution in [1.29, 1.82) is 0 Å². The van der Waals surface area contributed by atoms with Crippen molar-refractivity contribution in [3.05, 3.63) is 86.5 Å². The highest BCUT2D eigenvalue weighted by molar-refractivity contribution is 9.10. The van der Waals surface area contributed by atoms with E-state index >= 15 is 0 Å². The number of esters is 1. The Morgan fingerprint density at radius 2 is 1.73 bits per heavy atom. The predicted molar refractivity (Wildman–Crippen MR) is 102 cm³/mol. The van der Waals surface area contributed by atoms with E-state index in [1.165, 1.54) is 7.11 Å². The topological polar surface area (TPSA) is 55.4 Å². The van der Waals surface area contributed by atoms with Crippen LogP contribution in [0.2, 0.25) is 0 Å². The van der Waals surface area contributed by atoms with Gasteiger partial charge in [-0.3, -0.25) is 4.79 Å². The lowest BCUT2D eigenvalue weighted by Gasteiger charge is -2.29. The Kier molecular flexibility index (Phi) is 4.04.